The third kappa shape index (κ3) is 3.34. The monoisotopic (exact) mass is 366 g/mol. The minimum Gasteiger partial charge on any atom is -0.480 e. The molecule has 0 unspecified atom stereocenters. The molecule has 7 nitrogen and oxygen atoms in total. The van der Waals surface area contributed by atoms with Gasteiger partial charge in [-0.1, -0.05) is 17.7 Å². The first-order valence-electron chi connectivity index (χ1n) is 7.13. The van der Waals surface area contributed by atoms with Gasteiger partial charge >= 0.3 is 0 Å². The van der Waals surface area contributed by atoms with Crippen LogP contribution in [-0.4, -0.2) is 20.0 Å². The molecule has 9 heteroatoms. The minimum atomic E-state index is -0.471. The van der Waals surface area contributed by atoms with Gasteiger partial charge in [0.25, 0.3) is 17.3 Å². The predicted molar refractivity (Wildman–Crippen MR) is 90.4 cm³/mol. The maximum absolute atomic E-state index is 12.2. The van der Waals surface area contributed by atoms with Crippen molar-refractivity contribution in [1.29, 1.82) is 0 Å². The molecule has 0 saturated carbocycles. The van der Waals surface area contributed by atoms with E-state index in [1.807, 2.05) is 38.3 Å². The van der Waals surface area contributed by atoms with Gasteiger partial charge in [0.15, 0.2) is 17.4 Å². The van der Waals surface area contributed by atoms with Crippen LogP contribution in [0.5, 0.6) is 5.75 Å². The van der Waals surface area contributed by atoms with Crippen molar-refractivity contribution in [2.24, 2.45) is 0 Å². The summed E-state index contributed by atoms with van der Waals surface area (Å²) in [4.78, 5) is 13.1. The summed E-state index contributed by atoms with van der Waals surface area (Å²) >= 11 is 7.59. The van der Waals surface area contributed by atoms with Gasteiger partial charge in [-0.3, -0.25) is 4.79 Å². The van der Waals surface area contributed by atoms with Crippen molar-refractivity contribution in [2.75, 3.05) is 0 Å². The third-order valence-corrected chi connectivity index (χ3v) is 4.28. The van der Waals surface area contributed by atoms with Crippen molar-refractivity contribution in [3.8, 4) is 16.5 Å². The zero-order chi connectivity index (χ0) is 17.3. The first-order valence-corrected chi connectivity index (χ1v) is 8.39. The Morgan fingerprint density at radius 2 is 2.17 bits per heavy atom. The van der Waals surface area contributed by atoms with E-state index in [-0.39, 0.29) is 23.3 Å². The Bertz CT molecular complexity index is 896. The fraction of sp³-hybridized carbons (Fsp3) is 0.333. The Morgan fingerprint density at radius 1 is 1.38 bits per heavy atom. The average Bonchev–Trinajstić information content (AvgIpc) is 3.17. The highest BCUT2D eigenvalue weighted by molar-refractivity contribution is 7.13. The third-order valence-electron chi connectivity index (χ3n) is 3.07. The Labute approximate surface area is 146 Å². The molecule has 0 aliphatic carbocycles. The standard InChI is InChI=1S/C15H15ClN4O3S/c1-15(2,3)20-14(21)12(16)9(7-17-20)22-8-11-18-19-13(23-11)10-5-4-6-24-10/h4-7H,8H2,1-3H3. The van der Waals surface area contributed by atoms with Crippen LogP contribution in [0.15, 0.2) is 32.9 Å². The Hall–Kier alpha value is -2.19. The van der Waals surface area contributed by atoms with Gasteiger partial charge in [-0.05, 0) is 32.2 Å². The smallest absolute Gasteiger partial charge is 0.289 e. The molecule has 0 aliphatic heterocycles. The molecule has 3 aromatic rings. The van der Waals surface area contributed by atoms with E-state index in [0.717, 1.165) is 4.88 Å². The average molecular weight is 367 g/mol. The molecule has 0 aromatic carbocycles. The second-order valence-electron chi connectivity index (χ2n) is 5.98. The van der Waals surface area contributed by atoms with Crippen LogP contribution in [-0.2, 0) is 12.1 Å². The lowest BCUT2D eigenvalue weighted by Crippen LogP contribution is -2.36. The number of hydrogen-bond acceptors (Lipinski definition) is 7. The van der Waals surface area contributed by atoms with Crippen LogP contribution in [0.25, 0.3) is 10.8 Å². The number of hydrogen-bond donors (Lipinski definition) is 0. The molecule has 0 saturated heterocycles. The number of halogens is 1. The van der Waals surface area contributed by atoms with Crippen molar-refractivity contribution >= 4 is 22.9 Å². The van der Waals surface area contributed by atoms with Crippen LogP contribution < -0.4 is 10.3 Å². The molecule has 3 aromatic heterocycles. The fourth-order valence-corrected chi connectivity index (χ4v) is 2.77. The molecule has 126 valence electrons. The van der Waals surface area contributed by atoms with Crippen molar-refractivity contribution in [3.63, 3.8) is 0 Å². The van der Waals surface area contributed by atoms with Gasteiger partial charge in [-0.2, -0.15) is 5.10 Å². The number of aromatic nitrogens is 4. The summed E-state index contributed by atoms with van der Waals surface area (Å²) in [7, 11) is 0. The van der Waals surface area contributed by atoms with E-state index in [1.54, 1.807) is 0 Å². The van der Waals surface area contributed by atoms with Crippen LogP contribution in [0, 0.1) is 0 Å². The van der Waals surface area contributed by atoms with Crippen LogP contribution in [0.2, 0.25) is 5.02 Å². The van der Waals surface area contributed by atoms with E-state index >= 15 is 0 Å². The molecule has 0 N–H and O–H groups in total. The zero-order valence-electron chi connectivity index (χ0n) is 13.3. The van der Waals surface area contributed by atoms with Crippen LogP contribution >= 0.6 is 22.9 Å². The van der Waals surface area contributed by atoms with Gasteiger partial charge in [0.2, 0.25) is 0 Å². The lowest BCUT2D eigenvalue weighted by Gasteiger charge is -2.20. The predicted octanol–water partition coefficient (Wildman–Crippen LogP) is 3.34. The first kappa shape index (κ1) is 16.7. The van der Waals surface area contributed by atoms with E-state index in [9.17, 15) is 4.79 Å². The molecule has 0 fully saturated rings. The molecule has 0 aliphatic rings. The van der Waals surface area contributed by atoms with Crippen molar-refractivity contribution < 1.29 is 9.15 Å². The van der Waals surface area contributed by atoms with Gasteiger partial charge in [0.1, 0.15) is 0 Å². The summed E-state index contributed by atoms with van der Waals surface area (Å²) in [5.74, 6) is 0.892. The van der Waals surface area contributed by atoms with Crippen LogP contribution in [0.3, 0.4) is 0 Å². The van der Waals surface area contributed by atoms with E-state index in [4.69, 9.17) is 20.8 Å². The van der Waals surface area contributed by atoms with E-state index < -0.39 is 11.1 Å². The zero-order valence-corrected chi connectivity index (χ0v) is 14.9. The maximum atomic E-state index is 12.2. The van der Waals surface area contributed by atoms with E-state index in [2.05, 4.69) is 15.3 Å². The molecule has 0 amide bonds. The topological polar surface area (TPSA) is 83.0 Å². The maximum Gasteiger partial charge on any atom is 0.289 e. The number of rotatable bonds is 4. The lowest BCUT2D eigenvalue weighted by atomic mass is 10.1. The Morgan fingerprint density at radius 3 is 2.83 bits per heavy atom. The van der Waals surface area contributed by atoms with Gasteiger partial charge in [0.05, 0.1) is 16.6 Å². The summed E-state index contributed by atoms with van der Waals surface area (Å²) in [6, 6.07) is 3.78. The summed E-state index contributed by atoms with van der Waals surface area (Å²) in [6.45, 7) is 5.59. The van der Waals surface area contributed by atoms with E-state index in [1.165, 1.54) is 22.2 Å². The number of thiophene rings is 1. The summed E-state index contributed by atoms with van der Waals surface area (Å²) in [6.07, 6.45) is 1.41. The van der Waals surface area contributed by atoms with Gasteiger partial charge < -0.3 is 9.15 Å². The van der Waals surface area contributed by atoms with Crippen molar-refractivity contribution in [3.05, 3.63) is 45.0 Å². The Kier molecular flexibility index (Phi) is 4.42. The number of nitrogens with zero attached hydrogens (tertiary/aromatic N) is 4. The molecule has 0 bridgehead atoms. The molecule has 0 atom stereocenters. The second kappa shape index (κ2) is 6.37. The molecular weight excluding hydrogens is 352 g/mol. The van der Waals surface area contributed by atoms with Crippen LogP contribution in [0.4, 0.5) is 0 Å². The molecule has 3 heterocycles. The normalized spacial score (nSPS) is 11.7. The second-order valence-corrected chi connectivity index (χ2v) is 7.30. The number of ether oxygens (including phenoxy) is 1. The Balaban J connectivity index is 1.76. The van der Waals surface area contributed by atoms with Crippen LogP contribution in [0.1, 0.15) is 26.7 Å². The fourth-order valence-electron chi connectivity index (χ4n) is 1.95. The quantitative estimate of drug-likeness (QED) is 0.704. The SMILES string of the molecule is CC(C)(C)n1ncc(OCc2nnc(-c3cccs3)o2)c(Cl)c1=O. The van der Waals surface area contributed by atoms with Crippen molar-refractivity contribution in [2.45, 2.75) is 32.9 Å². The largest absolute Gasteiger partial charge is 0.480 e. The summed E-state index contributed by atoms with van der Waals surface area (Å²) < 4.78 is 12.3. The first-order chi connectivity index (χ1) is 11.4. The van der Waals surface area contributed by atoms with Crippen molar-refractivity contribution in [1.82, 2.24) is 20.0 Å². The molecule has 3 rings (SSSR count). The molecule has 0 radical (unpaired) electrons. The summed E-state index contributed by atoms with van der Waals surface area (Å²) in [5.41, 5.74) is -0.882. The lowest BCUT2D eigenvalue weighted by molar-refractivity contribution is 0.258. The highest BCUT2D eigenvalue weighted by Gasteiger charge is 2.20. The van der Waals surface area contributed by atoms with Gasteiger partial charge in [0, 0.05) is 0 Å². The highest BCUT2D eigenvalue weighted by Crippen LogP contribution is 2.24. The molecular formula is C15H15ClN4O3S. The van der Waals surface area contributed by atoms with E-state index in [0.29, 0.717) is 5.89 Å². The molecule has 24 heavy (non-hydrogen) atoms. The highest BCUT2D eigenvalue weighted by atomic mass is 35.5. The van der Waals surface area contributed by atoms with Gasteiger partial charge in [-0.15, -0.1) is 21.5 Å². The molecule has 0 spiro atoms. The minimum absolute atomic E-state index is 0.00124. The summed E-state index contributed by atoms with van der Waals surface area (Å²) in [5, 5.41) is 13.9. The van der Waals surface area contributed by atoms with Gasteiger partial charge in [-0.25, -0.2) is 4.68 Å².